The number of carbonyl (C=O) groups is 1. The van der Waals surface area contributed by atoms with Gasteiger partial charge in [0, 0.05) is 5.75 Å². The Bertz CT molecular complexity index is 146. The molecule has 6 heteroatoms. The number of thioether (sulfide) groups is 1. The first-order chi connectivity index (χ1) is 4.74. The topological polar surface area (TPSA) is 55.6 Å². The number of nitrogens with two attached hydrogens (primary N) is 1. The zero-order valence-electron chi connectivity index (χ0n) is 6.15. The fourth-order valence-electron chi connectivity index (χ4n) is 0.814. The Labute approximate surface area is 75.8 Å². The second-order valence-corrected chi connectivity index (χ2v) is 3.02. The van der Waals surface area contributed by atoms with E-state index in [9.17, 15) is 4.79 Å². The molecule has 0 spiro atoms. The first kappa shape index (κ1) is 10.9. The van der Waals surface area contributed by atoms with Crippen LogP contribution in [0.15, 0.2) is 0 Å². The summed E-state index contributed by atoms with van der Waals surface area (Å²) in [5.41, 5.74) is 0. The van der Waals surface area contributed by atoms with E-state index in [0.29, 0.717) is 6.54 Å². The third-order valence-corrected chi connectivity index (χ3v) is 1.96. The van der Waals surface area contributed by atoms with Crippen LogP contribution < -0.4 is 5.84 Å². The Morgan fingerprint density at radius 2 is 2.55 bits per heavy atom. The molecule has 11 heavy (non-hydrogen) atoms. The molecule has 0 aromatic heterocycles. The highest BCUT2D eigenvalue weighted by molar-refractivity contribution is 7.98. The predicted octanol–water partition coefficient (Wildman–Crippen LogP) is 0.466. The van der Waals surface area contributed by atoms with Crippen LogP contribution in [0.2, 0.25) is 0 Å². The lowest BCUT2D eigenvalue weighted by Gasteiger charge is -2.03. The lowest BCUT2D eigenvalue weighted by atomic mass is 10.4. The Morgan fingerprint density at radius 3 is 2.91 bits per heavy atom. The lowest BCUT2D eigenvalue weighted by Crippen LogP contribution is -2.32. The normalized spacial score (nSPS) is 22.9. The van der Waals surface area contributed by atoms with Crippen LogP contribution in [0.4, 0.5) is 4.79 Å². The first-order valence-corrected chi connectivity index (χ1v) is 4.35. The molecule has 0 aliphatic carbocycles. The fraction of sp³-hybridized carbons (Fsp3) is 0.800. The summed E-state index contributed by atoms with van der Waals surface area (Å²) in [6, 6.07) is 0. The minimum atomic E-state index is -0.418. The summed E-state index contributed by atoms with van der Waals surface area (Å²) in [6.45, 7) is 0.514. The number of carbonyl (C=O) groups excluding carboxylic acids is 1. The number of amides is 1. The third-order valence-electron chi connectivity index (χ3n) is 1.25. The maximum atomic E-state index is 10.6. The lowest BCUT2D eigenvalue weighted by molar-refractivity contribution is 0.140. The molecule has 1 heterocycles. The van der Waals surface area contributed by atoms with Gasteiger partial charge in [-0.15, -0.1) is 12.4 Å². The van der Waals surface area contributed by atoms with Crippen molar-refractivity contribution < 1.29 is 9.53 Å². The van der Waals surface area contributed by atoms with E-state index >= 15 is 0 Å². The Morgan fingerprint density at radius 1 is 1.91 bits per heavy atom. The Kier molecular flexibility index (Phi) is 4.63. The number of rotatable bonds is 2. The van der Waals surface area contributed by atoms with E-state index in [1.54, 1.807) is 11.8 Å². The van der Waals surface area contributed by atoms with Crippen LogP contribution in [0, 0.1) is 0 Å². The van der Waals surface area contributed by atoms with Crippen LogP contribution >= 0.6 is 24.2 Å². The average molecular weight is 199 g/mol. The van der Waals surface area contributed by atoms with E-state index in [4.69, 9.17) is 10.6 Å². The molecule has 1 aliphatic rings. The molecule has 1 amide bonds. The summed E-state index contributed by atoms with van der Waals surface area (Å²) in [5, 5.41) is 1.10. The maximum absolute atomic E-state index is 10.6. The van der Waals surface area contributed by atoms with Gasteiger partial charge in [0.2, 0.25) is 0 Å². The van der Waals surface area contributed by atoms with Gasteiger partial charge in [-0.3, -0.25) is 0 Å². The smallest absolute Gasteiger partial charge is 0.424 e. The molecular formula is C5H11ClN2O2S. The van der Waals surface area contributed by atoms with Crippen molar-refractivity contribution in [3.05, 3.63) is 0 Å². The van der Waals surface area contributed by atoms with Crippen LogP contribution in [0.25, 0.3) is 0 Å². The summed E-state index contributed by atoms with van der Waals surface area (Å²) in [7, 11) is 0. The summed E-state index contributed by atoms with van der Waals surface area (Å²) in [6.07, 6.45) is 1.53. The zero-order valence-corrected chi connectivity index (χ0v) is 7.78. The van der Waals surface area contributed by atoms with E-state index in [2.05, 4.69) is 0 Å². The van der Waals surface area contributed by atoms with Gasteiger partial charge in [0.1, 0.15) is 6.10 Å². The van der Waals surface area contributed by atoms with Crippen molar-refractivity contribution >= 4 is 30.3 Å². The highest BCUT2D eigenvalue weighted by atomic mass is 35.5. The Balaban J connectivity index is 0.000001000. The zero-order chi connectivity index (χ0) is 7.56. The molecule has 0 saturated carbocycles. The SMILES string of the molecule is CSCC1CN(N)C(=O)O1.Cl. The number of cyclic esters (lactones) is 1. The Hall–Kier alpha value is -0.130. The first-order valence-electron chi connectivity index (χ1n) is 2.96. The van der Waals surface area contributed by atoms with Crippen LogP contribution in [-0.4, -0.2) is 35.8 Å². The van der Waals surface area contributed by atoms with E-state index in [1.165, 1.54) is 0 Å². The van der Waals surface area contributed by atoms with Crippen molar-refractivity contribution in [1.82, 2.24) is 5.01 Å². The molecule has 0 bridgehead atoms. The van der Waals surface area contributed by atoms with E-state index < -0.39 is 6.09 Å². The molecule has 2 N–H and O–H groups in total. The van der Waals surface area contributed by atoms with Gasteiger partial charge in [-0.05, 0) is 6.26 Å². The number of halogens is 1. The molecule has 4 nitrogen and oxygen atoms in total. The van der Waals surface area contributed by atoms with E-state index in [1.807, 2.05) is 6.26 Å². The molecule has 1 fully saturated rings. The number of hydrogen-bond donors (Lipinski definition) is 1. The highest BCUT2D eigenvalue weighted by Crippen LogP contribution is 2.10. The monoisotopic (exact) mass is 198 g/mol. The summed E-state index contributed by atoms with van der Waals surface area (Å²) >= 11 is 1.64. The van der Waals surface area contributed by atoms with Crippen LogP contribution in [0.5, 0.6) is 0 Å². The van der Waals surface area contributed by atoms with Crippen molar-refractivity contribution in [2.75, 3.05) is 18.6 Å². The maximum Gasteiger partial charge on any atom is 0.424 e. The van der Waals surface area contributed by atoms with Crippen molar-refractivity contribution in [2.45, 2.75) is 6.10 Å². The van der Waals surface area contributed by atoms with Crippen LogP contribution in [-0.2, 0) is 4.74 Å². The van der Waals surface area contributed by atoms with Gasteiger partial charge in [0.05, 0.1) is 6.54 Å². The standard InChI is InChI=1S/C5H10N2O2S.ClH/c1-10-3-4-2-7(6)5(8)9-4;/h4H,2-3,6H2,1H3;1H. The quantitative estimate of drug-likeness (QED) is 0.518. The average Bonchev–Trinajstić information content (AvgIpc) is 2.14. The van der Waals surface area contributed by atoms with Gasteiger partial charge < -0.3 is 4.74 Å². The molecular weight excluding hydrogens is 188 g/mol. The predicted molar refractivity (Wildman–Crippen MR) is 46.8 cm³/mol. The van der Waals surface area contributed by atoms with Crippen molar-refractivity contribution in [3.63, 3.8) is 0 Å². The second-order valence-electron chi connectivity index (χ2n) is 2.11. The van der Waals surface area contributed by atoms with Gasteiger partial charge in [0.25, 0.3) is 0 Å². The van der Waals surface area contributed by atoms with Crippen molar-refractivity contribution in [3.8, 4) is 0 Å². The molecule has 0 aromatic carbocycles. The van der Waals surface area contributed by atoms with Gasteiger partial charge in [-0.2, -0.15) is 11.8 Å². The number of ether oxygens (including phenoxy) is 1. The van der Waals surface area contributed by atoms with E-state index in [-0.39, 0.29) is 18.5 Å². The van der Waals surface area contributed by atoms with Crippen molar-refractivity contribution in [2.24, 2.45) is 5.84 Å². The van der Waals surface area contributed by atoms with Gasteiger partial charge in [-0.25, -0.2) is 15.6 Å². The molecule has 1 saturated heterocycles. The molecule has 0 radical (unpaired) electrons. The largest absolute Gasteiger partial charge is 0.442 e. The minimum absolute atomic E-state index is 0. The minimum Gasteiger partial charge on any atom is -0.442 e. The second kappa shape index (κ2) is 4.69. The molecule has 66 valence electrons. The number of hydrogen-bond acceptors (Lipinski definition) is 4. The van der Waals surface area contributed by atoms with E-state index in [0.717, 1.165) is 10.8 Å². The van der Waals surface area contributed by atoms with Gasteiger partial charge >= 0.3 is 6.09 Å². The highest BCUT2D eigenvalue weighted by Gasteiger charge is 2.28. The number of nitrogens with zero attached hydrogens (tertiary/aromatic N) is 1. The molecule has 0 aromatic rings. The molecule has 1 unspecified atom stereocenters. The summed E-state index contributed by atoms with van der Waals surface area (Å²) < 4.78 is 4.86. The van der Waals surface area contributed by atoms with Gasteiger partial charge in [-0.1, -0.05) is 0 Å². The molecule has 1 atom stereocenters. The molecule has 1 aliphatic heterocycles. The van der Waals surface area contributed by atoms with Crippen molar-refractivity contribution in [1.29, 1.82) is 0 Å². The van der Waals surface area contributed by atoms with Crippen LogP contribution in [0.1, 0.15) is 0 Å². The van der Waals surface area contributed by atoms with Gasteiger partial charge in [0.15, 0.2) is 0 Å². The third kappa shape index (κ3) is 2.76. The molecule has 1 rings (SSSR count). The van der Waals surface area contributed by atoms with Crippen LogP contribution in [0.3, 0.4) is 0 Å². The number of hydrazine groups is 1. The summed E-state index contributed by atoms with van der Waals surface area (Å²) in [4.78, 5) is 10.6. The summed E-state index contributed by atoms with van der Waals surface area (Å²) in [5.74, 6) is 6.07. The fourth-order valence-corrected chi connectivity index (χ4v) is 1.36.